The molecule has 1 aromatic carbocycles. The van der Waals surface area contributed by atoms with Crippen LogP contribution in [0.5, 0.6) is 0 Å². The lowest BCUT2D eigenvalue weighted by Crippen LogP contribution is -2.21. The normalized spacial score (nSPS) is 14.9. The zero-order valence-corrected chi connectivity index (χ0v) is 11.6. The molecule has 1 atom stereocenters. The summed E-state index contributed by atoms with van der Waals surface area (Å²) in [5, 5.41) is 12.5. The van der Waals surface area contributed by atoms with Crippen LogP contribution < -0.4 is 5.32 Å². The molecule has 104 valence electrons. The van der Waals surface area contributed by atoms with Crippen LogP contribution in [-0.4, -0.2) is 27.7 Å². The van der Waals surface area contributed by atoms with E-state index in [0.717, 1.165) is 36.3 Å². The minimum absolute atomic E-state index is 0.00695. The smallest absolute Gasteiger partial charge is 0.133 e. The van der Waals surface area contributed by atoms with Gasteiger partial charge in [-0.15, -0.1) is 0 Å². The van der Waals surface area contributed by atoms with Gasteiger partial charge in [0.25, 0.3) is 0 Å². The van der Waals surface area contributed by atoms with Gasteiger partial charge < -0.3 is 10.4 Å². The molecule has 20 heavy (non-hydrogen) atoms. The highest BCUT2D eigenvalue weighted by Gasteiger charge is 2.19. The van der Waals surface area contributed by atoms with Crippen LogP contribution in [0.1, 0.15) is 24.5 Å². The van der Waals surface area contributed by atoms with Gasteiger partial charge in [0.1, 0.15) is 12.1 Å². The molecule has 1 unspecified atom stereocenters. The van der Waals surface area contributed by atoms with Crippen molar-refractivity contribution in [3.63, 3.8) is 0 Å². The molecule has 0 bridgehead atoms. The molecule has 3 rings (SSSR count). The van der Waals surface area contributed by atoms with Gasteiger partial charge in [-0.1, -0.05) is 24.3 Å². The van der Waals surface area contributed by atoms with Crippen molar-refractivity contribution >= 4 is 5.82 Å². The molecule has 0 radical (unpaired) electrons. The average molecular weight is 269 g/mol. The van der Waals surface area contributed by atoms with Crippen LogP contribution in [0.25, 0.3) is 11.3 Å². The molecule has 1 aliphatic rings. The molecular formula is C16H19N3O. The van der Waals surface area contributed by atoms with Crippen molar-refractivity contribution in [1.82, 2.24) is 9.97 Å². The molecular weight excluding hydrogens is 250 g/mol. The Morgan fingerprint density at radius 1 is 1.25 bits per heavy atom. The monoisotopic (exact) mass is 269 g/mol. The maximum Gasteiger partial charge on any atom is 0.133 e. The quantitative estimate of drug-likeness (QED) is 0.898. The van der Waals surface area contributed by atoms with Crippen molar-refractivity contribution in [1.29, 1.82) is 0 Å². The van der Waals surface area contributed by atoms with Gasteiger partial charge in [-0.3, -0.25) is 0 Å². The van der Waals surface area contributed by atoms with Gasteiger partial charge in [0.2, 0.25) is 0 Å². The molecule has 0 saturated carbocycles. The topological polar surface area (TPSA) is 58.0 Å². The standard InChI is InChI=1S/C16H19N3O/c1-11(9-20)19-16-14-8-4-6-12-5-2-3-7-13(12)15(14)17-10-18-16/h2-3,5,7,10-11,20H,4,6,8-9H2,1H3,(H,17,18,19). The molecule has 1 heterocycles. The Kier molecular flexibility index (Phi) is 3.65. The molecule has 0 aliphatic heterocycles. The largest absolute Gasteiger partial charge is 0.394 e. The first-order valence-corrected chi connectivity index (χ1v) is 7.09. The fourth-order valence-corrected chi connectivity index (χ4v) is 2.71. The molecule has 0 fully saturated rings. The van der Waals surface area contributed by atoms with E-state index in [2.05, 4.69) is 39.6 Å². The molecule has 4 heteroatoms. The van der Waals surface area contributed by atoms with Crippen LogP contribution in [0.2, 0.25) is 0 Å². The van der Waals surface area contributed by atoms with Crippen LogP contribution in [0.3, 0.4) is 0 Å². The van der Waals surface area contributed by atoms with E-state index >= 15 is 0 Å². The molecule has 4 nitrogen and oxygen atoms in total. The van der Waals surface area contributed by atoms with Gasteiger partial charge in [-0.05, 0) is 31.7 Å². The first-order valence-electron chi connectivity index (χ1n) is 7.09. The van der Waals surface area contributed by atoms with Crippen molar-refractivity contribution in [2.45, 2.75) is 32.2 Å². The lowest BCUT2D eigenvalue weighted by molar-refractivity contribution is 0.281. The third-order valence-corrected chi connectivity index (χ3v) is 3.75. The second-order valence-corrected chi connectivity index (χ2v) is 5.29. The number of fused-ring (bicyclic) bond motifs is 3. The zero-order chi connectivity index (χ0) is 13.9. The van der Waals surface area contributed by atoms with E-state index in [1.807, 2.05) is 6.92 Å². The van der Waals surface area contributed by atoms with Gasteiger partial charge in [0, 0.05) is 17.2 Å². The van der Waals surface area contributed by atoms with Crippen molar-refractivity contribution in [3.05, 3.63) is 41.7 Å². The van der Waals surface area contributed by atoms with Crippen molar-refractivity contribution in [2.24, 2.45) is 0 Å². The van der Waals surface area contributed by atoms with Gasteiger partial charge >= 0.3 is 0 Å². The second-order valence-electron chi connectivity index (χ2n) is 5.29. The Morgan fingerprint density at radius 3 is 2.95 bits per heavy atom. The van der Waals surface area contributed by atoms with E-state index in [9.17, 15) is 5.11 Å². The number of hydrogen-bond acceptors (Lipinski definition) is 4. The molecule has 0 spiro atoms. The Balaban J connectivity index is 2.08. The number of hydrogen-bond donors (Lipinski definition) is 2. The van der Waals surface area contributed by atoms with Gasteiger partial charge in [0.15, 0.2) is 0 Å². The summed E-state index contributed by atoms with van der Waals surface area (Å²) in [4.78, 5) is 8.86. The number of aromatic nitrogens is 2. The Bertz CT molecular complexity index is 612. The van der Waals surface area contributed by atoms with Gasteiger partial charge in [-0.25, -0.2) is 9.97 Å². The third-order valence-electron chi connectivity index (χ3n) is 3.75. The highest BCUT2D eigenvalue weighted by molar-refractivity contribution is 5.72. The van der Waals surface area contributed by atoms with Crippen molar-refractivity contribution < 1.29 is 5.11 Å². The first kappa shape index (κ1) is 13.1. The number of nitrogens with one attached hydrogen (secondary N) is 1. The highest BCUT2D eigenvalue weighted by atomic mass is 16.3. The summed E-state index contributed by atoms with van der Waals surface area (Å²) in [6.07, 6.45) is 4.74. The average Bonchev–Trinajstić information content (AvgIpc) is 2.67. The zero-order valence-electron chi connectivity index (χ0n) is 11.6. The fourth-order valence-electron chi connectivity index (χ4n) is 2.71. The maximum absolute atomic E-state index is 9.21. The number of rotatable bonds is 3. The molecule has 1 aromatic heterocycles. The summed E-state index contributed by atoms with van der Waals surface area (Å²) in [5.41, 5.74) is 4.76. The summed E-state index contributed by atoms with van der Waals surface area (Å²) in [6, 6.07) is 8.44. The van der Waals surface area contributed by atoms with Crippen LogP contribution >= 0.6 is 0 Å². The van der Waals surface area contributed by atoms with Gasteiger partial charge in [0.05, 0.1) is 12.3 Å². The number of nitrogens with zero attached hydrogens (tertiary/aromatic N) is 2. The Morgan fingerprint density at radius 2 is 2.10 bits per heavy atom. The van der Waals surface area contributed by atoms with Crippen LogP contribution in [0, 0.1) is 0 Å². The fraction of sp³-hybridized carbons (Fsp3) is 0.375. The number of aryl methyl sites for hydroxylation is 1. The molecule has 0 saturated heterocycles. The summed E-state index contributed by atoms with van der Waals surface area (Å²) in [7, 11) is 0. The van der Waals surface area contributed by atoms with Crippen molar-refractivity contribution in [2.75, 3.05) is 11.9 Å². The number of benzene rings is 1. The van der Waals surface area contributed by atoms with E-state index in [1.165, 1.54) is 11.1 Å². The predicted molar refractivity (Wildman–Crippen MR) is 79.7 cm³/mol. The number of aliphatic hydroxyl groups excluding tert-OH is 1. The highest BCUT2D eigenvalue weighted by Crippen LogP contribution is 2.33. The number of aliphatic hydroxyl groups is 1. The molecule has 0 amide bonds. The minimum Gasteiger partial charge on any atom is -0.394 e. The maximum atomic E-state index is 9.21. The third kappa shape index (κ3) is 2.39. The SMILES string of the molecule is CC(CO)Nc1ncnc2c1CCCc1ccccc1-2. The lowest BCUT2D eigenvalue weighted by atomic mass is 10.0. The summed E-state index contributed by atoms with van der Waals surface area (Å²) in [5.74, 6) is 0.855. The van der Waals surface area contributed by atoms with Crippen LogP contribution in [-0.2, 0) is 12.8 Å². The second kappa shape index (κ2) is 5.59. The minimum atomic E-state index is -0.00695. The number of anilines is 1. The lowest BCUT2D eigenvalue weighted by Gasteiger charge is -2.16. The van der Waals surface area contributed by atoms with E-state index in [1.54, 1.807) is 6.33 Å². The van der Waals surface area contributed by atoms with E-state index in [4.69, 9.17) is 0 Å². The molecule has 1 aliphatic carbocycles. The van der Waals surface area contributed by atoms with Crippen molar-refractivity contribution in [3.8, 4) is 11.3 Å². The summed E-state index contributed by atoms with van der Waals surface area (Å²) in [6.45, 7) is 2.04. The Hall–Kier alpha value is -1.94. The summed E-state index contributed by atoms with van der Waals surface area (Å²) < 4.78 is 0. The van der Waals surface area contributed by atoms with Crippen LogP contribution in [0.4, 0.5) is 5.82 Å². The van der Waals surface area contributed by atoms with E-state index < -0.39 is 0 Å². The van der Waals surface area contributed by atoms with Crippen LogP contribution in [0.15, 0.2) is 30.6 Å². The summed E-state index contributed by atoms with van der Waals surface area (Å²) >= 11 is 0. The van der Waals surface area contributed by atoms with Gasteiger partial charge in [-0.2, -0.15) is 0 Å². The molecule has 2 aromatic rings. The predicted octanol–water partition coefficient (Wildman–Crippen LogP) is 2.43. The molecule has 2 N–H and O–H groups in total. The van der Waals surface area contributed by atoms with E-state index in [-0.39, 0.29) is 12.6 Å². The van der Waals surface area contributed by atoms with E-state index in [0.29, 0.717) is 0 Å². The first-order chi connectivity index (χ1) is 9.79. The Labute approximate surface area is 118 Å².